The maximum atomic E-state index is 12.9. The van der Waals surface area contributed by atoms with Gasteiger partial charge in [0.1, 0.15) is 11.6 Å². The maximum Gasteiger partial charge on any atom is 0.264 e. The van der Waals surface area contributed by atoms with E-state index in [0.717, 1.165) is 24.5 Å². The molecule has 0 unspecified atom stereocenters. The van der Waals surface area contributed by atoms with Crippen LogP contribution in [-0.4, -0.2) is 64.0 Å². The van der Waals surface area contributed by atoms with Crippen LogP contribution in [0.25, 0.3) is 0 Å². The second-order valence-corrected chi connectivity index (χ2v) is 10.1. The number of carbonyl (C=O) groups excluding carboxylic acids is 1. The van der Waals surface area contributed by atoms with Gasteiger partial charge in [0, 0.05) is 39.4 Å². The first-order chi connectivity index (χ1) is 16.3. The predicted molar refractivity (Wildman–Crippen MR) is 132 cm³/mol. The first kappa shape index (κ1) is 23.6. The van der Waals surface area contributed by atoms with Crippen molar-refractivity contribution < 1.29 is 17.9 Å². The van der Waals surface area contributed by atoms with Gasteiger partial charge in [-0.05, 0) is 55.5 Å². The van der Waals surface area contributed by atoms with Gasteiger partial charge in [-0.1, -0.05) is 23.8 Å². The summed E-state index contributed by atoms with van der Waals surface area (Å²) in [6, 6.07) is 19.2. The third kappa shape index (κ3) is 5.31. The van der Waals surface area contributed by atoms with E-state index in [-0.39, 0.29) is 17.4 Å². The van der Waals surface area contributed by atoms with Gasteiger partial charge in [0.2, 0.25) is 0 Å². The number of amides is 1. The van der Waals surface area contributed by atoms with Gasteiger partial charge in [-0.2, -0.15) is 0 Å². The van der Waals surface area contributed by atoms with E-state index < -0.39 is 10.0 Å². The van der Waals surface area contributed by atoms with E-state index in [2.05, 4.69) is 9.88 Å². The van der Waals surface area contributed by atoms with Gasteiger partial charge in [0.25, 0.3) is 15.9 Å². The molecule has 178 valence electrons. The van der Waals surface area contributed by atoms with Crippen LogP contribution in [0, 0.1) is 6.92 Å². The second-order valence-electron chi connectivity index (χ2n) is 8.12. The Morgan fingerprint density at radius 3 is 2.26 bits per heavy atom. The van der Waals surface area contributed by atoms with Crippen molar-refractivity contribution >= 4 is 27.4 Å². The number of rotatable bonds is 7. The molecule has 2 heterocycles. The van der Waals surface area contributed by atoms with Crippen LogP contribution in [0.2, 0.25) is 0 Å². The molecule has 1 amide bonds. The lowest BCUT2D eigenvalue weighted by molar-refractivity contribution is -0.133. The summed E-state index contributed by atoms with van der Waals surface area (Å²) in [5, 5.41) is 0. The average molecular weight is 481 g/mol. The lowest BCUT2D eigenvalue weighted by Crippen LogP contribution is -2.50. The van der Waals surface area contributed by atoms with Crippen LogP contribution in [0.1, 0.15) is 5.56 Å². The van der Waals surface area contributed by atoms with Gasteiger partial charge >= 0.3 is 0 Å². The highest BCUT2D eigenvalue weighted by Crippen LogP contribution is 2.24. The highest BCUT2D eigenvalue weighted by molar-refractivity contribution is 7.92. The minimum Gasteiger partial charge on any atom is -0.484 e. The quantitative estimate of drug-likeness (QED) is 0.517. The summed E-state index contributed by atoms with van der Waals surface area (Å²) in [5.41, 5.74) is 1.50. The third-order valence-electron chi connectivity index (χ3n) is 5.85. The summed E-state index contributed by atoms with van der Waals surface area (Å²) in [4.78, 5) is 21.1. The standard InChI is InChI=1S/C25H28N4O4S/c1-20-6-12-23(13-7-20)34(31,32)27(2)21-8-10-22(11-9-21)33-19-25(30)29-17-15-28(16-18-29)24-5-3-4-14-26-24/h3-14H,15-19H2,1-2H3. The summed E-state index contributed by atoms with van der Waals surface area (Å²) in [7, 11) is -2.15. The van der Waals surface area contributed by atoms with E-state index in [0.29, 0.717) is 24.5 Å². The number of aromatic nitrogens is 1. The van der Waals surface area contributed by atoms with Crippen LogP contribution in [0.15, 0.2) is 77.8 Å². The fraction of sp³-hybridized carbons (Fsp3) is 0.280. The number of nitrogens with zero attached hydrogens (tertiary/aromatic N) is 4. The molecule has 0 bridgehead atoms. The molecular formula is C25H28N4O4S. The van der Waals surface area contributed by atoms with Crippen LogP contribution < -0.4 is 13.9 Å². The number of ether oxygens (including phenoxy) is 1. The lowest BCUT2D eigenvalue weighted by atomic mass is 10.2. The van der Waals surface area contributed by atoms with Crippen molar-refractivity contribution in [3.05, 3.63) is 78.5 Å². The number of sulfonamides is 1. The van der Waals surface area contributed by atoms with E-state index in [1.165, 1.54) is 11.4 Å². The SMILES string of the molecule is Cc1ccc(S(=O)(=O)N(C)c2ccc(OCC(=O)N3CCN(c4ccccn4)CC3)cc2)cc1. The van der Waals surface area contributed by atoms with E-state index in [1.807, 2.05) is 25.1 Å². The largest absolute Gasteiger partial charge is 0.484 e. The fourth-order valence-corrected chi connectivity index (χ4v) is 4.92. The Labute approximate surface area is 200 Å². The molecule has 3 aromatic rings. The summed E-state index contributed by atoms with van der Waals surface area (Å²) in [5.74, 6) is 1.34. The summed E-state index contributed by atoms with van der Waals surface area (Å²) >= 11 is 0. The van der Waals surface area contributed by atoms with Crippen LogP contribution in [0.4, 0.5) is 11.5 Å². The van der Waals surface area contributed by atoms with Gasteiger partial charge in [-0.15, -0.1) is 0 Å². The highest BCUT2D eigenvalue weighted by atomic mass is 32.2. The topological polar surface area (TPSA) is 83.0 Å². The first-order valence-electron chi connectivity index (χ1n) is 11.1. The smallest absolute Gasteiger partial charge is 0.264 e. The van der Waals surface area contributed by atoms with Crippen LogP contribution >= 0.6 is 0 Å². The predicted octanol–water partition coefficient (Wildman–Crippen LogP) is 2.94. The summed E-state index contributed by atoms with van der Waals surface area (Å²) < 4.78 is 32.6. The van der Waals surface area contributed by atoms with Crippen molar-refractivity contribution in [2.45, 2.75) is 11.8 Å². The molecule has 0 spiro atoms. The molecule has 1 aliphatic heterocycles. The molecule has 1 saturated heterocycles. The molecule has 0 saturated carbocycles. The zero-order valence-corrected chi connectivity index (χ0v) is 20.1. The number of aryl methyl sites for hydroxylation is 1. The monoisotopic (exact) mass is 480 g/mol. The van der Waals surface area contributed by atoms with Crippen molar-refractivity contribution in [1.29, 1.82) is 0 Å². The number of benzene rings is 2. The molecule has 1 aliphatic rings. The molecular weight excluding hydrogens is 452 g/mol. The third-order valence-corrected chi connectivity index (χ3v) is 7.65. The minimum atomic E-state index is -3.66. The number of carbonyl (C=O) groups is 1. The molecule has 2 aromatic carbocycles. The number of piperazine rings is 1. The van der Waals surface area contributed by atoms with E-state index in [9.17, 15) is 13.2 Å². The van der Waals surface area contributed by atoms with Gasteiger partial charge < -0.3 is 14.5 Å². The van der Waals surface area contributed by atoms with E-state index >= 15 is 0 Å². The zero-order chi connectivity index (χ0) is 24.1. The van der Waals surface area contributed by atoms with Crippen molar-refractivity contribution in [3.63, 3.8) is 0 Å². The maximum absolute atomic E-state index is 12.9. The Morgan fingerprint density at radius 1 is 0.971 bits per heavy atom. The van der Waals surface area contributed by atoms with Crippen molar-refractivity contribution in [2.75, 3.05) is 49.0 Å². The number of anilines is 2. The summed E-state index contributed by atoms with van der Waals surface area (Å²) in [6.45, 7) is 4.50. The normalized spacial score (nSPS) is 14.1. The molecule has 0 radical (unpaired) electrons. The highest BCUT2D eigenvalue weighted by Gasteiger charge is 2.23. The van der Waals surface area contributed by atoms with Crippen LogP contribution in [0.5, 0.6) is 5.75 Å². The zero-order valence-electron chi connectivity index (χ0n) is 19.3. The van der Waals surface area contributed by atoms with Gasteiger partial charge in [-0.25, -0.2) is 13.4 Å². The van der Waals surface area contributed by atoms with Gasteiger partial charge in [0.05, 0.1) is 10.6 Å². The minimum absolute atomic E-state index is 0.0690. The summed E-state index contributed by atoms with van der Waals surface area (Å²) in [6.07, 6.45) is 1.77. The molecule has 8 nitrogen and oxygen atoms in total. The Kier molecular flexibility index (Phi) is 7.02. The molecule has 9 heteroatoms. The number of hydrogen-bond acceptors (Lipinski definition) is 6. The average Bonchev–Trinajstić information content (AvgIpc) is 2.88. The Balaban J connectivity index is 1.30. The van der Waals surface area contributed by atoms with Crippen molar-refractivity contribution in [2.24, 2.45) is 0 Å². The Bertz CT molecular complexity index is 1210. The van der Waals surface area contributed by atoms with Crippen LogP contribution in [-0.2, 0) is 14.8 Å². The molecule has 0 atom stereocenters. The fourth-order valence-electron chi connectivity index (χ4n) is 3.72. The molecule has 4 rings (SSSR count). The Hall–Kier alpha value is -3.59. The second kappa shape index (κ2) is 10.1. The molecule has 34 heavy (non-hydrogen) atoms. The van der Waals surface area contributed by atoms with E-state index in [4.69, 9.17) is 4.74 Å². The number of pyridine rings is 1. The molecule has 0 aliphatic carbocycles. The van der Waals surface area contributed by atoms with Gasteiger partial charge in [0.15, 0.2) is 6.61 Å². The molecule has 0 N–H and O–H groups in total. The van der Waals surface area contributed by atoms with Crippen molar-refractivity contribution in [1.82, 2.24) is 9.88 Å². The first-order valence-corrected chi connectivity index (χ1v) is 12.5. The van der Waals surface area contributed by atoms with Crippen LogP contribution in [0.3, 0.4) is 0 Å². The van der Waals surface area contributed by atoms with Crippen molar-refractivity contribution in [3.8, 4) is 5.75 Å². The molecule has 1 aromatic heterocycles. The number of hydrogen-bond donors (Lipinski definition) is 0. The van der Waals surface area contributed by atoms with Gasteiger partial charge in [-0.3, -0.25) is 9.10 Å². The lowest BCUT2D eigenvalue weighted by Gasteiger charge is -2.35. The Morgan fingerprint density at radius 2 is 1.65 bits per heavy atom. The van der Waals surface area contributed by atoms with E-state index in [1.54, 1.807) is 59.6 Å². The molecule has 1 fully saturated rings.